The fraction of sp³-hybridized carbons (Fsp3) is 0.280. The summed E-state index contributed by atoms with van der Waals surface area (Å²) < 4.78 is 89.6. The SMILES string of the molecule is CCOc1ccc(OCc2ccc3c(c2F)C(F)C(F)c2c-3ccc(OCC)c2F)cc1F. The molecule has 0 N–H and O–H groups in total. The predicted octanol–water partition coefficient (Wildman–Crippen LogP) is 7.18. The molecule has 2 unspecified atom stereocenters. The molecule has 0 heterocycles. The van der Waals surface area contributed by atoms with E-state index in [1.807, 2.05) is 0 Å². The number of ether oxygens (including phenoxy) is 3. The van der Waals surface area contributed by atoms with E-state index in [0.29, 0.717) is 0 Å². The zero-order chi connectivity index (χ0) is 23.7. The Morgan fingerprint density at radius 2 is 1.27 bits per heavy atom. The van der Waals surface area contributed by atoms with Gasteiger partial charge in [0.25, 0.3) is 0 Å². The molecule has 2 atom stereocenters. The van der Waals surface area contributed by atoms with Gasteiger partial charge >= 0.3 is 0 Å². The summed E-state index contributed by atoms with van der Waals surface area (Å²) >= 11 is 0. The van der Waals surface area contributed by atoms with E-state index >= 15 is 4.39 Å². The molecule has 3 aromatic rings. The van der Waals surface area contributed by atoms with Crippen LogP contribution in [0.25, 0.3) is 11.1 Å². The average molecular weight is 464 g/mol. The lowest BCUT2D eigenvalue weighted by atomic mass is 9.81. The van der Waals surface area contributed by atoms with Crippen LogP contribution in [0.5, 0.6) is 17.2 Å². The number of rotatable bonds is 7. The number of hydrogen-bond donors (Lipinski definition) is 0. The smallest absolute Gasteiger partial charge is 0.171 e. The minimum absolute atomic E-state index is 0.0484. The molecule has 33 heavy (non-hydrogen) atoms. The highest BCUT2D eigenvalue weighted by Crippen LogP contribution is 2.51. The number of benzene rings is 3. The minimum atomic E-state index is -2.42. The van der Waals surface area contributed by atoms with Crippen molar-refractivity contribution in [3.8, 4) is 28.4 Å². The van der Waals surface area contributed by atoms with Gasteiger partial charge in [-0.15, -0.1) is 0 Å². The molecule has 0 aromatic heterocycles. The van der Waals surface area contributed by atoms with Crippen LogP contribution in [0.2, 0.25) is 0 Å². The van der Waals surface area contributed by atoms with Gasteiger partial charge in [-0.05, 0) is 43.2 Å². The van der Waals surface area contributed by atoms with E-state index in [0.717, 1.165) is 6.07 Å². The zero-order valence-corrected chi connectivity index (χ0v) is 17.9. The van der Waals surface area contributed by atoms with Crippen molar-refractivity contribution in [2.45, 2.75) is 32.8 Å². The Morgan fingerprint density at radius 1 is 0.697 bits per heavy atom. The molecule has 3 nitrogen and oxygen atoms in total. The lowest BCUT2D eigenvalue weighted by molar-refractivity contribution is 0.158. The van der Waals surface area contributed by atoms with Crippen LogP contribution < -0.4 is 14.2 Å². The molecular formula is C25H21F5O3. The van der Waals surface area contributed by atoms with Crippen LogP contribution in [0.3, 0.4) is 0 Å². The quantitative estimate of drug-likeness (QED) is 0.347. The van der Waals surface area contributed by atoms with Gasteiger partial charge in [-0.3, -0.25) is 0 Å². The third-order valence-electron chi connectivity index (χ3n) is 5.40. The molecule has 0 amide bonds. The predicted molar refractivity (Wildman–Crippen MR) is 113 cm³/mol. The molecule has 0 aliphatic heterocycles. The van der Waals surface area contributed by atoms with Crippen LogP contribution >= 0.6 is 0 Å². The Hall–Kier alpha value is -3.29. The van der Waals surface area contributed by atoms with Gasteiger partial charge in [0.2, 0.25) is 0 Å². The molecule has 0 bridgehead atoms. The first-order chi connectivity index (χ1) is 15.9. The van der Waals surface area contributed by atoms with Crippen molar-refractivity contribution >= 4 is 0 Å². The first-order valence-electron chi connectivity index (χ1n) is 10.5. The Bertz CT molecular complexity index is 1180. The molecule has 0 saturated heterocycles. The molecular weight excluding hydrogens is 443 g/mol. The highest BCUT2D eigenvalue weighted by molar-refractivity contribution is 5.76. The maximum atomic E-state index is 15.2. The maximum Gasteiger partial charge on any atom is 0.171 e. The van der Waals surface area contributed by atoms with Gasteiger partial charge in [0.05, 0.1) is 13.2 Å². The second-order valence-electron chi connectivity index (χ2n) is 7.39. The lowest BCUT2D eigenvalue weighted by Crippen LogP contribution is -2.17. The summed E-state index contributed by atoms with van der Waals surface area (Å²) in [6, 6.07) is 9.36. The van der Waals surface area contributed by atoms with Gasteiger partial charge in [-0.2, -0.15) is 0 Å². The molecule has 0 fully saturated rings. The second kappa shape index (κ2) is 9.29. The Labute approximate surface area is 187 Å². The summed E-state index contributed by atoms with van der Waals surface area (Å²) in [6.45, 7) is 3.45. The largest absolute Gasteiger partial charge is 0.491 e. The average Bonchev–Trinajstić information content (AvgIpc) is 2.79. The molecule has 8 heteroatoms. The van der Waals surface area contributed by atoms with E-state index in [1.54, 1.807) is 13.8 Å². The van der Waals surface area contributed by atoms with Crippen molar-refractivity contribution in [3.63, 3.8) is 0 Å². The summed E-state index contributed by atoms with van der Waals surface area (Å²) in [6.07, 6.45) is -4.82. The molecule has 1 aliphatic rings. The topological polar surface area (TPSA) is 27.7 Å². The van der Waals surface area contributed by atoms with Gasteiger partial charge < -0.3 is 14.2 Å². The molecule has 174 valence electrons. The van der Waals surface area contributed by atoms with Gasteiger partial charge in [-0.25, -0.2) is 22.0 Å². The number of halogens is 5. The van der Waals surface area contributed by atoms with Crippen LogP contribution in [0.1, 0.15) is 42.9 Å². The van der Waals surface area contributed by atoms with E-state index in [4.69, 9.17) is 14.2 Å². The van der Waals surface area contributed by atoms with Crippen molar-refractivity contribution in [3.05, 3.63) is 76.6 Å². The van der Waals surface area contributed by atoms with E-state index < -0.39 is 40.9 Å². The number of hydrogen-bond acceptors (Lipinski definition) is 3. The monoisotopic (exact) mass is 464 g/mol. The summed E-state index contributed by atoms with van der Waals surface area (Å²) in [7, 11) is 0. The third-order valence-corrected chi connectivity index (χ3v) is 5.40. The molecule has 1 aliphatic carbocycles. The normalized spacial score (nSPS) is 16.7. The molecule has 0 spiro atoms. The Morgan fingerprint density at radius 3 is 1.91 bits per heavy atom. The van der Waals surface area contributed by atoms with Crippen LogP contribution in [-0.4, -0.2) is 13.2 Å². The first kappa shape index (κ1) is 22.9. The van der Waals surface area contributed by atoms with E-state index in [-0.39, 0.29) is 53.8 Å². The summed E-state index contributed by atoms with van der Waals surface area (Å²) in [4.78, 5) is 0. The van der Waals surface area contributed by atoms with Crippen molar-refractivity contribution in [2.24, 2.45) is 0 Å². The standard InChI is InChI=1S/C25H21F5O3/c1-3-31-18-9-6-14(11-17(18)26)33-12-13-5-7-15-16-8-10-19(32-4-2)23(28)21(16)25(30)24(29)20(15)22(13)27/h5-11,24-25H,3-4,12H2,1-2H3. The molecule has 3 aromatic carbocycles. The van der Waals surface area contributed by atoms with E-state index in [9.17, 15) is 17.6 Å². The van der Waals surface area contributed by atoms with Crippen LogP contribution in [-0.2, 0) is 6.61 Å². The zero-order valence-electron chi connectivity index (χ0n) is 17.9. The van der Waals surface area contributed by atoms with Crippen molar-refractivity contribution < 1.29 is 36.2 Å². The van der Waals surface area contributed by atoms with Crippen molar-refractivity contribution in [1.82, 2.24) is 0 Å². The van der Waals surface area contributed by atoms with Gasteiger partial charge in [0, 0.05) is 22.8 Å². The van der Waals surface area contributed by atoms with Crippen LogP contribution in [0.15, 0.2) is 42.5 Å². The van der Waals surface area contributed by atoms with Gasteiger partial charge in [-0.1, -0.05) is 18.2 Å². The number of alkyl halides is 2. The second-order valence-corrected chi connectivity index (χ2v) is 7.39. The van der Waals surface area contributed by atoms with Gasteiger partial charge in [0.15, 0.2) is 35.5 Å². The highest BCUT2D eigenvalue weighted by Gasteiger charge is 2.40. The van der Waals surface area contributed by atoms with Crippen LogP contribution in [0, 0.1) is 17.5 Å². The van der Waals surface area contributed by atoms with E-state index in [2.05, 4.69) is 0 Å². The number of fused-ring (bicyclic) bond motifs is 3. The maximum absolute atomic E-state index is 15.2. The summed E-state index contributed by atoms with van der Waals surface area (Å²) in [5, 5.41) is 0. The fourth-order valence-electron chi connectivity index (χ4n) is 3.90. The molecule has 0 saturated carbocycles. The van der Waals surface area contributed by atoms with Crippen molar-refractivity contribution in [1.29, 1.82) is 0 Å². The van der Waals surface area contributed by atoms with E-state index in [1.165, 1.54) is 36.4 Å². The molecule has 4 rings (SSSR count). The summed E-state index contributed by atoms with van der Waals surface area (Å²) in [5.41, 5.74) is -0.923. The first-order valence-corrected chi connectivity index (χ1v) is 10.5. The van der Waals surface area contributed by atoms with Crippen molar-refractivity contribution in [2.75, 3.05) is 13.2 Å². The Kier molecular flexibility index (Phi) is 6.44. The van der Waals surface area contributed by atoms with Gasteiger partial charge in [0.1, 0.15) is 18.2 Å². The highest BCUT2D eigenvalue weighted by atomic mass is 19.2. The summed E-state index contributed by atoms with van der Waals surface area (Å²) in [5.74, 6) is -2.66. The van der Waals surface area contributed by atoms with Crippen LogP contribution in [0.4, 0.5) is 22.0 Å². The molecule has 0 radical (unpaired) electrons. The minimum Gasteiger partial charge on any atom is -0.491 e. The Balaban J connectivity index is 1.66. The fourth-order valence-corrected chi connectivity index (χ4v) is 3.90. The lowest BCUT2D eigenvalue weighted by Gasteiger charge is -2.28. The third kappa shape index (κ3) is 4.10.